The number of nitrogens with zero attached hydrogens (tertiary/aromatic N) is 2. The molecular weight excluding hydrogens is 260 g/mol. The number of hydrogen-bond donors (Lipinski definition) is 0. The maximum absolute atomic E-state index is 12.3. The molecule has 1 aliphatic rings. The fourth-order valence-corrected chi connectivity index (χ4v) is 2.53. The molecular formula is C14H10N2O4. The number of nitro groups is 1. The van der Waals surface area contributed by atoms with Crippen molar-refractivity contribution in [3.63, 3.8) is 0 Å². The summed E-state index contributed by atoms with van der Waals surface area (Å²) in [5.41, 5.74) is 0.475. The molecule has 100 valence electrons. The molecule has 2 aromatic rings. The summed E-state index contributed by atoms with van der Waals surface area (Å²) < 4.78 is 0. The van der Waals surface area contributed by atoms with Gasteiger partial charge in [-0.2, -0.15) is 0 Å². The maximum atomic E-state index is 12.3. The molecule has 6 heteroatoms. The van der Waals surface area contributed by atoms with Crippen molar-refractivity contribution in [3.05, 3.63) is 51.6 Å². The zero-order valence-electron chi connectivity index (χ0n) is 10.6. The van der Waals surface area contributed by atoms with Crippen LogP contribution in [-0.4, -0.2) is 28.2 Å². The average molecular weight is 270 g/mol. The van der Waals surface area contributed by atoms with Gasteiger partial charge in [0.25, 0.3) is 17.5 Å². The van der Waals surface area contributed by atoms with Gasteiger partial charge in [0, 0.05) is 29.6 Å². The number of amides is 2. The number of non-ortho nitro benzene ring substituents is 1. The Labute approximate surface area is 113 Å². The van der Waals surface area contributed by atoms with Crippen LogP contribution in [0.1, 0.15) is 27.6 Å². The van der Waals surface area contributed by atoms with Crippen LogP contribution >= 0.6 is 0 Å². The molecule has 0 radical (unpaired) electrons. The summed E-state index contributed by atoms with van der Waals surface area (Å²) in [6, 6.07) is 7.58. The van der Waals surface area contributed by atoms with E-state index in [4.69, 9.17) is 0 Å². The van der Waals surface area contributed by atoms with Crippen LogP contribution in [0.4, 0.5) is 5.69 Å². The molecule has 0 spiro atoms. The predicted octanol–water partition coefficient (Wildman–Crippen LogP) is 2.36. The molecule has 20 heavy (non-hydrogen) atoms. The monoisotopic (exact) mass is 270 g/mol. The number of nitro benzene ring substituents is 1. The van der Waals surface area contributed by atoms with Crippen LogP contribution in [-0.2, 0) is 0 Å². The Balaban J connectivity index is 2.43. The van der Waals surface area contributed by atoms with Crippen molar-refractivity contribution in [2.45, 2.75) is 6.92 Å². The van der Waals surface area contributed by atoms with Gasteiger partial charge in [0.05, 0.1) is 10.5 Å². The van der Waals surface area contributed by atoms with E-state index < -0.39 is 10.8 Å². The molecule has 1 heterocycles. The van der Waals surface area contributed by atoms with E-state index in [0.717, 1.165) is 4.90 Å². The third kappa shape index (κ3) is 1.51. The maximum Gasteiger partial charge on any atom is 0.270 e. The smallest absolute Gasteiger partial charge is 0.270 e. The number of rotatable bonds is 2. The molecule has 0 saturated carbocycles. The zero-order valence-corrected chi connectivity index (χ0v) is 10.6. The summed E-state index contributed by atoms with van der Waals surface area (Å²) >= 11 is 0. The second-order valence-electron chi connectivity index (χ2n) is 4.51. The molecule has 0 aromatic heterocycles. The molecule has 0 atom stereocenters. The summed E-state index contributed by atoms with van der Waals surface area (Å²) in [5, 5.41) is 12.0. The minimum Gasteiger partial charge on any atom is -0.275 e. The Kier molecular flexibility index (Phi) is 2.53. The first kappa shape index (κ1) is 12.3. The number of carbonyl (C=O) groups is 2. The van der Waals surface area contributed by atoms with E-state index in [1.807, 2.05) is 0 Å². The molecule has 0 fully saturated rings. The van der Waals surface area contributed by atoms with Gasteiger partial charge in [-0.3, -0.25) is 24.6 Å². The molecule has 1 aliphatic heterocycles. The number of imide groups is 1. The van der Waals surface area contributed by atoms with Gasteiger partial charge in [-0.15, -0.1) is 0 Å². The van der Waals surface area contributed by atoms with E-state index in [0.29, 0.717) is 16.3 Å². The van der Waals surface area contributed by atoms with Crippen LogP contribution in [0.5, 0.6) is 0 Å². The predicted molar refractivity (Wildman–Crippen MR) is 71.6 cm³/mol. The molecule has 2 amide bonds. The number of carbonyl (C=O) groups excluding carboxylic acids is 2. The van der Waals surface area contributed by atoms with E-state index in [2.05, 4.69) is 0 Å². The molecule has 0 aliphatic carbocycles. The highest BCUT2D eigenvalue weighted by molar-refractivity contribution is 6.25. The van der Waals surface area contributed by atoms with Crippen molar-refractivity contribution in [2.75, 3.05) is 6.54 Å². The van der Waals surface area contributed by atoms with Gasteiger partial charge < -0.3 is 0 Å². The molecule has 0 N–H and O–H groups in total. The topological polar surface area (TPSA) is 80.5 Å². The van der Waals surface area contributed by atoms with Crippen LogP contribution in [0.3, 0.4) is 0 Å². The van der Waals surface area contributed by atoms with Crippen molar-refractivity contribution in [1.82, 2.24) is 4.90 Å². The Bertz CT molecular complexity index is 782. The molecule has 3 rings (SSSR count). The third-order valence-electron chi connectivity index (χ3n) is 3.44. The summed E-state index contributed by atoms with van der Waals surface area (Å²) in [5.74, 6) is -0.839. The van der Waals surface area contributed by atoms with E-state index in [1.54, 1.807) is 25.1 Å². The summed E-state index contributed by atoms with van der Waals surface area (Å²) in [6.07, 6.45) is 0. The van der Waals surface area contributed by atoms with Crippen LogP contribution in [0, 0.1) is 10.1 Å². The molecule has 0 unspecified atom stereocenters. The normalized spacial score (nSPS) is 13.9. The SMILES string of the molecule is CCN1C(=O)c2cccc3cc([N+](=O)[O-])cc(c23)C1=O. The molecule has 0 bridgehead atoms. The van der Waals surface area contributed by atoms with E-state index in [1.165, 1.54) is 12.1 Å². The van der Waals surface area contributed by atoms with Gasteiger partial charge in [-0.05, 0) is 18.4 Å². The van der Waals surface area contributed by atoms with Crippen LogP contribution < -0.4 is 0 Å². The van der Waals surface area contributed by atoms with Crippen molar-refractivity contribution < 1.29 is 14.5 Å². The van der Waals surface area contributed by atoms with Crippen LogP contribution in [0.2, 0.25) is 0 Å². The third-order valence-corrected chi connectivity index (χ3v) is 3.44. The van der Waals surface area contributed by atoms with Crippen molar-refractivity contribution in [3.8, 4) is 0 Å². The van der Waals surface area contributed by atoms with Gasteiger partial charge in [-0.1, -0.05) is 12.1 Å². The highest BCUT2D eigenvalue weighted by atomic mass is 16.6. The number of benzene rings is 2. The Morgan fingerprint density at radius 2 is 1.85 bits per heavy atom. The van der Waals surface area contributed by atoms with Crippen LogP contribution in [0.15, 0.2) is 30.3 Å². The lowest BCUT2D eigenvalue weighted by Gasteiger charge is -2.25. The quantitative estimate of drug-likeness (QED) is 0.476. The lowest BCUT2D eigenvalue weighted by Crippen LogP contribution is -2.40. The average Bonchev–Trinajstić information content (AvgIpc) is 2.44. The lowest BCUT2D eigenvalue weighted by molar-refractivity contribution is -0.384. The first-order valence-corrected chi connectivity index (χ1v) is 6.12. The van der Waals surface area contributed by atoms with Crippen molar-refractivity contribution in [2.24, 2.45) is 0 Å². The van der Waals surface area contributed by atoms with Gasteiger partial charge in [-0.25, -0.2) is 0 Å². The standard InChI is InChI=1S/C14H10N2O4/c1-2-15-13(17)10-5-3-4-8-6-9(16(19)20)7-11(12(8)10)14(15)18/h3-7H,2H2,1H3. The van der Waals surface area contributed by atoms with Crippen molar-refractivity contribution >= 4 is 28.3 Å². The highest BCUT2D eigenvalue weighted by Gasteiger charge is 2.33. The minimum atomic E-state index is -0.539. The zero-order chi connectivity index (χ0) is 14.4. The van der Waals surface area contributed by atoms with Gasteiger partial charge >= 0.3 is 0 Å². The molecule has 6 nitrogen and oxygen atoms in total. The van der Waals surface area contributed by atoms with Gasteiger partial charge in [0.2, 0.25) is 0 Å². The highest BCUT2D eigenvalue weighted by Crippen LogP contribution is 2.33. The Morgan fingerprint density at radius 3 is 2.50 bits per heavy atom. The Hall–Kier alpha value is -2.76. The largest absolute Gasteiger partial charge is 0.275 e. The van der Waals surface area contributed by atoms with E-state index >= 15 is 0 Å². The number of hydrogen-bond acceptors (Lipinski definition) is 4. The van der Waals surface area contributed by atoms with E-state index in [9.17, 15) is 19.7 Å². The minimum absolute atomic E-state index is 0.150. The summed E-state index contributed by atoms with van der Waals surface area (Å²) in [7, 11) is 0. The van der Waals surface area contributed by atoms with Crippen LogP contribution in [0.25, 0.3) is 10.8 Å². The molecule has 0 saturated heterocycles. The summed E-state index contributed by atoms with van der Waals surface area (Å²) in [6.45, 7) is 1.93. The second-order valence-corrected chi connectivity index (χ2v) is 4.51. The van der Waals surface area contributed by atoms with Crippen molar-refractivity contribution in [1.29, 1.82) is 0 Å². The van der Waals surface area contributed by atoms with Gasteiger partial charge in [0.1, 0.15) is 0 Å². The fraction of sp³-hybridized carbons (Fsp3) is 0.143. The second kappa shape index (κ2) is 4.12. The first-order valence-electron chi connectivity index (χ1n) is 6.12. The Morgan fingerprint density at radius 1 is 1.15 bits per heavy atom. The lowest BCUT2D eigenvalue weighted by atomic mass is 9.93. The fourth-order valence-electron chi connectivity index (χ4n) is 2.53. The molecule has 2 aromatic carbocycles. The van der Waals surface area contributed by atoms with Gasteiger partial charge in [0.15, 0.2) is 0 Å². The first-order chi connectivity index (χ1) is 9.54. The summed E-state index contributed by atoms with van der Waals surface area (Å²) in [4.78, 5) is 36.0. The van der Waals surface area contributed by atoms with E-state index in [-0.39, 0.29) is 23.7 Å².